The third-order valence-corrected chi connectivity index (χ3v) is 3.13. The minimum Gasteiger partial charge on any atom is -0.381 e. The summed E-state index contributed by atoms with van der Waals surface area (Å²) in [5.74, 6) is 0.223. The second kappa shape index (κ2) is 7.87. The first kappa shape index (κ1) is 15.7. The average molecular weight is 251 g/mol. The molecule has 2 atom stereocenters. The number of carbonyl (C=O) groups excluding carboxylic acids is 1. The van der Waals surface area contributed by atoms with Gasteiger partial charge in [-0.2, -0.15) is 0 Å². The maximum Gasteiger partial charge on any atom is 0.237 e. The third kappa shape index (κ3) is 4.68. The molecule has 2 unspecified atom stereocenters. The van der Waals surface area contributed by atoms with Gasteiger partial charge in [-0.15, -0.1) is 12.4 Å². The third-order valence-electron chi connectivity index (χ3n) is 3.13. The molecule has 0 saturated carbocycles. The van der Waals surface area contributed by atoms with Crippen LogP contribution < -0.4 is 11.1 Å². The molecule has 0 aliphatic carbocycles. The molecule has 1 saturated heterocycles. The Morgan fingerprint density at radius 3 is 2.56 bits per heavy atom. The van der Waals surface area contributed by atoms with Crippen LogP contribution in [0.1, 0.15) is 33.1 Å². The van der Waals surface area contributed by atoms with Crippen molar-refractivity contribution in [3.8, 4) is 0 Å². The van der Waals surface area contributed by atoms with Gasteiger partial charge in [-0.1, -0.05) is 20.3 Å². The van der Waals surface area contributed by atoms with Crippen LogP contribution >= 0.6 is 12.4 Å². The van der Waals surface area contributed by atoms with Gasteiger partial charge in [-0.05, 0) is 18.8 Å². The van der Waals surface area contributed by atoms with Gasteiger partial charge in [0.2, 0.25) is 5.91 Å². The summed E-state index contributed by atoms with van der Waals surface area (Å²) in [7, 11) is 0. The monoisotopic (exact) mass is 250 g/mol. The standard InChI is InChI=1S/C11H22N2O2.ClH/c1-3-8(2)10(12)11(14)13-9-4-6-15-7-5-9;/h8-10H,3-7,12H2,1-2H3,(H,13,14);1H. The molecule has 96 valence electrons. The topological polar surface area (TPSA) is 64.4 Å². The van der Waals surface area contributed by atoms with Crippen molar-refractivity contribution in [2.24, 2.45) is 11.7 Å². The van der Waals surface area contributed by atoms with Crippen LogP contribution in [-0.4, -0.2) is 31.2 Å². The van der Waals surface area contributed by atoms with Crippen LogP contribution in [0, 0.1) is 5.92 Å². The van der Waals surface area contributed by atoms with Crippen molar-refractivity contribution in [3.63, 3.8) is 0 Å². The number of amides is 1. The largest absolute Gasteiger partial charge is 0.381 e. The number of ether oxygens (including phenoxy) is 1. The summed E-state index contributed by atoms with van der Waals surface area (Å²) < 4.78 is 5.23. The lowest BCUT2D eigenvalue weighted by atomic mass is 9.98. The molecule has 3 N–H and O–H groups in total. The van der Waals surface area contributed by atoms with Crippen LogP contribution in [0.2, 0.25) is 0 Å². The summed E-state index contributed by atoms with van der Waals surface area (Å²) >= 11 is 0. The molecule has 0 bridgehead atoms. The van der Waals surface area contributed by atoms with Crippen LogP contribution in [0.25, 0.3) is 0 Å². The number of hydrogen-bond donors (Lipinski definition) is 2. The van der Waals surface area contributed by atoms with Gasteiger partial charge in [0.1, 0.15) is 0 Å². The highest BCUT2D eigenvalue weighted by molar-refractivity contribution is 5.85. The fourth-order valence-electron chi connectivity index (χ4n) is 1.65. The van der Waals surface area contributed by atoms with Crippen molar-refractivity contribution < 1.29 is 9.53 Å². The second-order valence-electron chi connectivity index (χ2n) is 4.31. The van der Waals surface area contributed by atoms with Crippen LogP contribution in [-0.2, 0) is 9.53 Å². The Labute approximate surface area is 104 Å². The molecule has 0 aromatic heterocycles. The zero-order chi connectivity index (χ0) is 11.3. The highest BCUT2D eigenvalue weighted by Gasteiger charge is 2.23. The normalized spacial score (nSPS) is 20.7. The van der Waals surface area contributed by atoms with Gasteiger partial charge in [-0.25, -0.2) is 0 Å². The van der Waals surface area contributed by atoms with E-state index in [1.165, 1.54) is 0 Å². The number of nitrogens with one attached hydrogen (secondary N) is 1. The molecule has 0 spiro atoms. The van der Waals surface area contributed by atoms with E-state index >= 15 is 0 Å². The number of nitrogens with two attached hydrogens (primary N) is 1. The highest BCUT2D eigenvalue weighted by atomic mass is 35.5. The molecule has 0 radical (unpaired) electrons. The Morgan fingerprint density at radius 1 is 1.50 bits per heavy atom. The van der Waals surface area contributed by atoms with E-state index in [1.54, 1.807) is 0 Å². The van der Waals surface area contributed by atoms with E-state index in [2.05, 4.69) is 5.32 Å². The molecule has 0 aromatic rings. The van der Waals surface area contributed by atoms with Crippen LogP contribution in [0.3, 0.4) is 0 Å². The summed E-state index contributed by atoms with van der Waals surface area (Å²) in [6, 6.07) is -0.126. The Bertz CT molecular complexity index is 208. The zero-order valence-electron chi connectivity index (χ0n) is 10.1. The molecular formula is C11H23ClN2O2. The Balaban J connectivity index is 0.00000225. The van der Waals surface area contributed by atoms with Crippen molar-refractivity contribution in [2.75, 3.05) is 13.2 Å². The van der Waals surface area contributed by atoms with Crippen molar-refractivity contribution >= 4 is 18.3 Å². The smallest absolute Gasteiger partial charge is 0.237 e. The van der Waals surface area contributed by atoms with E-state index in [0.717, 1.165) is 32.5 Å². The fourth-order valence-corrected chi connectivity index (χ4v) is 1.65. The summed E-state index contributed by atoms with van der Waals surface area (Å²) in [6.07, 6.45) is 2.74. The summed E-state index contributed by atoms with van der Waals surface area (Å²) in [5, 5.41) is 2.99. The average Bonchev–Trinajstić information content (AvgIpc) is 2.28. The van der Waals surface area contributed by atoms with E-state index in [1.807, 2.05) is 13.8 Å². The molecule has 1 aliphatic rings. The first-order valence-corrected chi connectivity index (χ1v) is 5.78. The lowest BCUT2D eigenvalue weighted by molar-refractivity contribution is -0.124. The van der Waals surface area contributed by atoms with Crippen LogP contribution in [0.5, 0.6) is 0 Å². The summed E-state index contributed by atoms with van der Waals surface area (Å²) in [6.45, 7) is 5.54. The van der Waals surface area contributed by atoms with Crippen molar-refractivity contribution in [1.29, 1.82) is 0 Å². The van der Waals surface area contributed by atoms with E-state index in [4.69, 9.17) is 10.5 Å². The van der Waals surface area contributed by atoms with E-state index in [9.17, 15) is 4.79 Å². The minimum atomic E-state index is -0.377. The molecule has 0 aromatic carbocycles. The molecule has 1 rings (SSSR count). The Morgan fingerprint density at radius 2 is 2.06 bits per heavy atom. The Hall–Kier alpha value is -0.320. The van der Waals surface area contributed by atoms with Crippen LogP contribution in [0.4, 0.5) is 0 Å². The number of carbonyl (C=O) groups is 1. The lowest BCUT2D eigenvalue weighted by Crippen LogP contribution is -2.49. The number of halogens is 1. The number of rotatable bonds is 4. The summed E-state index contributed by atoms with van der Waals surface area (Å²) in [4.78, 5) is 11.7. The van der Waals surface area contributed by atoms with Crippen molar-refractivity contribution in [3.05, 3.63) is 0 Å². The lowest BCUT2D eigenvalue weighted by Gasteiger charge is -2.26. The predicted octanol–water partition coefficient (Wildman–Crippen LogP) is 1.08. The molecule has 1 amide bonds. The van der Waals surface area contributed by atoms with Gasteiger partial charge >= 0.3 is 0 Å². The zero-order valence-corrected chi connectivity index (χ0v) is 10.9. The van der Waals surface area contributed by atoms with E-state index in [0.29, 0.717) is 0 Å². The molecule has 1 fully saturated rings. The predicted molar refractivity (Wildman–Crippen MR) is 66.7 cm³/mol. The van der Waals surface area contributed by atoms with Crippen molar-refractivity contribution in [1.82, 2.24) is 5.32 Å². The maximum atomic E-state index is 11.7. The Kier molecular flexibility index (Phi) is 7.72. The quantitative estimate of drug-likeness (QED) is 0.785. The van der Waals surface area contributed by atoms with Gasteiger partial charge in [-0.3, -0.25) is 4.79 Å². The molecular weight excluding hydrogens is 228 g/mol. The second-order valence-corrected chi connectivity index (χ2v) is 4.31. The van der Waals surface area contributed by atoms with Gasteiger partial charge in [0.05, 0.1) is 6.04 Å². The fraction of sp³-hybridized carbons (Fsp3) is 0.909. The van der Waals surface area contributed by atoms with E-state index < -0.39 is 0 Å². The first-order chi connectivity index (χ1) is 7.15. The molecule has 1 aliphatic heterocycles. The maximum absolute atomic E-state index is 11.7. The molecule has 5 heteroatoms. The molecule has 16 heavy (non-hydrogen) atoms. The molecule has 1 heterocycles. The minimum absolute atomic E-state index is 0. The van der Waals surface area contributed by atoms with Gasteiger partial charge < -0.3 is 15.8 Å². The van der Waals surface area contributed by atoms with E-state index in [-0.39, 0.29) is 36.3 Å². The highest BCUT2D eigenvalue weighted by Crippen LogP contribution is 2.09. The van der Waals surface area contributed by atoms with Crippen LogP contribution in [0.15, 0.2) is 0 Å². The molecule has 4 nitrogen and oxygen atoms in total. The SMILES string of the molecule is CCC(C)C(N)C(=O)NC1CCOCC1.Cl. The first-order valence-electron chi connectivity index (χ1n) is 5.78. The van der Waals surface area contributed by atoms with Gasteiger partial charge in [0.25, 0.3) is 0 Å². The summed E-state index contributed by atoms with van der Waals surface area (Å²) in [5.41, 5.74) is 5.85. The van der Waals surface area contributed by atoms with Gasteiger partial charge in [0, 0.05) is 19.3 Å². The number of hydrogen-bond acceptors (Lipinski definition) is 3. The van der Waals surface area contributed by atoms with Gasteiger partial charge in [0.15, 0.2) is 0 Å². The van der Waals surface area contributed by atoms with Crippen molar-refractivity contribution in [2.45, 2.75) is 45.2 Å².